The molecule has 1 aromatic rings. The van der Waals surface area contributed by atoms with Crippen molar-refractivity contribution in [3.63, 3.8) is 0 Å². The average molecular weight is 166 g/mol. The standard InChI is InChI=1S/C8H11N3O/c9-7-1-4-11(5-2-7)6-3-8(10)12/h1-2,4-5,9H,3,6H2,(H2,10,12)/p+1. The zero-order valence-corrected chi connectivity index (χ0v) is 6.73. The zero-order valence-electron chi connectivity index (χ0n) is 6.73. The van der Waals surface area contributed by atoms with Gasteiger partial charge in [-0.2, -0.15) is 0 Å². The molecule has 64 valence electrons. The predicted molar refractivity (Wildman–Crippen MR) is 44.9 cm³/mol. The highest BCUT2D eigenvalue weighted by atomic mass is 16.1. The van der Waals surface area contributed by atoms with Crippen molar-refractivity contribution < 1.29 is 9.36 Å². The lowest BCUT2D eigenvalue weighted by molar-refractivity contribution is -0.695. The van der Waals surface area contributed by atoms with Crippen molar-refractivity contribution in [2.75, 3.05) is 5.73 Å². The van der Waals surface area contributed by atoms with E-state index in [1.807, 2.05) is 17.0 Å². The number of anilines is 1. The number of nitrogens with two attached hydrogens (primary N) is 2. The monoisotopic (exact) mass is 166 g/mol. The Morgan fingerprint density at radius 3 is 2.50 bits per heavy atom. The predicted octanol–water partition coefficient (Wildman–Crippen LogP) is -0.568. The minimum absolute atomic E-state index is 0.292. The molecule has 0 radical (unpaired) electrons. The van der Waals surface area contributed by atoms with Crippen LogP contribution in [-0.4, -0.2) is 5.91 Å². The number of nitrogen functional groups attached to an aromatic ring is 1. The van der Waals surface area contributed by atoms with Gasteiger partial charge in [0.15, 0.2) is 18.9 Å². The van der Waals surface area contributed by atoms with Crippen LogP contribution in [0.25, 0.3) is 0 Å². The van der Waals surface area contributed by atoms with Gasteiger partial charge < -0.3 is 11.5 Å². The first-order valence-electron chi connectivity index (χ1n) is 3.71. The molecule has 0 atom stereocenters. The molecule has 4 heteroatoms. The van der Waals surface area contributed by atoms with Gasteiger partial charge in [0.25, 0.3) is 0 Å². The van der Waals surface area contributed by atoms with Gasteiger partial charge in [0.1, 0.15) is 0 Å². The van der Waals surface area contributed by atoms with Crippen LogP contribution in [0.2, 0.25) is 0 Å². The Morgan fingerprint density at radius 2 is 2.00 bits per heavy atom. The maximum Gasteiger partial charge on any atom is 0.223 e. The molecule has 0 aliphatic heterocycles. The molecular formula is C8H12N3O+. The number of nitrogens with zero attached hydrogens (tertiary/aromatic N) is 1. The van der Waals surface area contributed by atoms with Crippen LogP contribution in [0.15, 0.2) is 24.5 Å². The lowest BCUT2D eigenvalue weighted by atomic mass is 10.3. The maximum absolute atomic E-state index is 10.4. The van der Waals surface area contributed by atoms with E-state index < -0.39 is 0 Å². The van der Waals surface area contributed by atoms with E-state index in [2.05, 4.69) is 0 Å². The van der Waals surface area contributed by atoms with E-state index in [0.717, 1.165) is 0 Å². The number of hydrogen-bond acceptors (Lipinski definition) is 2. The van der Waals surface area contributed by atoms with E-state index in [0.29, 0.717) is 18.7 Å². The summed E-state index contributed by atoms with van der Waals surface area (Å²) in [6.45, 7) is 0.607. The molecule has 0 saturated heterocycles. The van der Waals surface area contributed by atoms with Gasteiger partial charge in [-0.3, -0.25) is 4.79 Å². The first kappa shape index (κ1) is 8.52. The van der Waals surface area contributed by atoms with Crippen LogP contribution < -0.4 is 16.0 Å². The Morgan fingerprint density at radius 1 is 1.42 bits per heavy atom. The number of rotatable bonds is 3. The Balaban J connectivity index is 2.53. The van der Waals surface area contributed by atoms with Crippen LogP contribution in [0.3, 0.4) is 0 Å². The second-order valence-corrected chi connectivity index (χ2v) is 2.59. The van der Waals surface area contributed by atoms with E-state index in [1.54, 1.807) is 12.1 Å². The summed E-state index contributed by atoms with van der Waals surface area (Å²) in [7, 11) is 0. The van der Waals surface area contributed by atoms with Crippen molar-refractivity contribution in [1.82, 2.24) is 0 Å². The number of amides is 1. The minimum Gasteiger partial charge on any atom is -0.398 e. The van der Waals surface area contributed by atoms with Crippen LogP contribution in [0.1, 0.15) is 6.42 Å². The highest BCUT2D eigenvalue weighted by Crippen LogP contribution is 1.93. The van der Waals surface area contributed by atoms with Gasteiger partial charge in [-0.25, -0.2) is 4.57 Å². The normalized spacial score (nSPS) is 9.67. The summed E-state index contributed by atoms with van der Waals surface area (Å²) in [5, 5.41) is 0. The van der Waals surface area contributed by atoms with Crippen LogP contribution in [0, 0.1) is 0 Å². The summed E-state index contributed by atoms with van der Waals surface area (Å²) in [6, 6.07) is 3.56. The SMILES string of the molecule is NC(=O)CC[n+]1ccc(N)cc1. The summed E-state index contributed by atoms with van der Waals surface area (Å²) in [5.74, 6) is -0.292. The molecule has 0 bridgehead atoms. The van der Waals surface area contributed by atoms with E-state index >= 15 is 0 Å². The molecular weight excluding hydrogens is 154 g/mol. The molecule has 1 amide bonds. The van der Waals surface area contributed by atoms with Crippen molar-refractivity contribution >= 4 is 11.6 Å². The lowest BCUT2D eigenvalue weighted by Crippen LogP contribution is -2.34. The number of primary amides is 1. The number of pyridine rings is 1. The van der Waals surface area contributed by atoms with E-state index in [1.165, 1.54) is 0 Å². The smallest absolute Gasteiger partial charge is 0.223 e. The quantitative estimate of drug-likeness (QED) is 0.590. The number of aromatic nitrogens is 1. The Labute approximate surface area is 70.8 Å². The first-order valence-corrected chi connectivity index (χ1v) is 3.71. The number of hydrogen-bond donors (Lipinski definition) is 2. The van der Waals surface area contributed by atoms with Crippen molar-refractivity contribution in [2.45, 2.75) is 13.0 Å². The van der Waals surface area contributed by atoms with Gasteiger partial charge in [-0.1, -0.05) is 0 Å². The van der Waals surface area contributed by atoms with Gasteiger partial charge >= 0.3 is 0 Å². The number of carbonyl (C=O) groups excluding carboxylic acids is 1. The summed E-state index contributed by atoms with van der Waals surface area (Å²) in [5.41, 5.74) is 11.2. The van der Waals surface area contributed by atoms with E-state index in [9.17, 15) is 4.79 Å². The fourth-order valence-electron chi connectivity index (χ4n) is 0.857. The summed E-state index contributed by atoms with van der Waals surface area (Å²) >= 11 is 0. The van der Waals surface area contributed by atoms with E-state index in [-0.39, 0.29) is 5.91 Å². The number of aryl methyl sites for hydroxylation is 1. The Bertz CT molecular complexity index is 268. The molecule has 0 aliphatic rings. The third kappa shape index (κ3) is 2.57. The average Bonchev–Trinajstić information content (AvgIpc) is 2.03. The highest BCUT2D eigenvalue weighted by molar-refractivity contribution is 5.73. The second kappa shape index (κ2) is 3.71. The van der Waals surface area contributed by atoms with Gasteiger partial charge in [0.2, 0.25) is 5.91 Å². The topological polar surface area (TPSA) is 73.0 Å². The van der Waals surface area contributed by atoms with Gasteiger partial charge in [0.05, 0.1) is 6.42 Å². The maximum atomic E-state index is 10.4. The molecule has 0 spiro atoms. The molecule has 0 aliphatic carbocycles. The van der Waals surface area contributed by atoms with Crippen LogP contribution >= 0.6 is 0 Å². The Hall–Kier alpha value is -1.58. The van der Waals surface area contributed by atoms with Crippen molar-refractivity contribution in [3.8, 4) is 0 Å². The molecule has 0 saturated carbocycles. The van der Waals surface area contributed by atoms with Crippen LogP contribution in [0.4, 0.5) is 5.69 Å². The molecule has 0 aromatic carbocycles. The van der Waals surface area contributed by atoms with Gasteiger partial charge in [-0.15, -0.1) is 0 Å². The summed E-state index contributed by atoms with van der Waals surface area (Å²) < 4.78 is 1.86. The zero-order chi connectivity index (χ0) is 8.97. The van der Waals surface area contributed by atoms with E-state index in [4.69, 9.17) is 11.5 Å². The third-order valence-electron chi connectivity index (χ3n) is 1.53. The molecule has 0 unspecified atom stereocenters. The largest absolute Gasteiger partial charge is 0.398 e. The molecule has 1 aromatic heterocycles. The highest BCUT2D eigenvalue weighted by Gasteiger charge is 2.01. The number of carbonyl (C=O) groups is 1. The minimum atomic E-state index is -0.292. The fourth-order valence-corrected chi connectivity index (χ4v) is 0.857. The van der Waals surface area contributed by atoms with Crippen molar-refractivity contribution in [3.05, 3.63) is 24.5 Å². The molecule has 1 heterocycles. The lowest BCUT2D eigenvalue weighted by Gasteiger charge is -1.94. The van der Waals surface area contributed by atoms with Crippen molar-refractivity contribution in [2.24, 2.45) is 5.73 Å². The van der Waals surface area contributed by atoms with Gasteiger partial charge in [0, 0.05) is 17.8 Å². The van der Waals surface area contributed by atoms with Crippen LogP contribution in [0.5, 0.6) is 0 Å². The van der Waals surface area contributed by atoms with Crippen molar-refractivity contribution in [1.29, 1.82) is 0 Å². The van der Waals surface area contributed by atoms with Gasteiger partial charge in [-0.05, 0) is 0 Å². The first-order chi connectivity index (χ1) is 5.68. The molecule has 4 nitrogen and oxygen atoms in total. The molecule has 1 rings (SSSR count). The summed E-state index contributed by atoms with van der Waals surface area (Å²) in [4.78, 5) is 10.4. The van der Waals surface area contributed by atoms with Crippen LogP contribution in [-0.2, 0) is 11.3 Å². The fraction of sp³-hybridized carbons (Fsp3) is 0.250. The third-order valence-corrected chi connectivity index (χ3v) is 1.53. The molecule has 4 N–H and O–H groups in total. The Kier molecular flexibility index (Phi) is 2.63. The summed E-state index contributed by atoms with van der Waals surface area (Å²) in [6.07, 6.45) is 3.99. The molecule has 12 heavy (non-hydrogen) atoms. The molecule has 0 fully saturated rings. The second-order valence-electron chi connectivity index (χ2n) is 2.59.